The predicted octanol–water partition coefficient (Wildman–Crippen LogP) is 5.72. The standard InChI is InChI=1S/C27H28FN3O/c1-20-10-11-25-24(16-20)27(19-31(25)26(32)29-23-8-3-2-4-9-23)12-14-30(15-13-27)18-21-6-5-7-22(28)17-21/h2-11,16-17H,12-15,18-19H2,1H3,(H,29,32). The molecule has 4 nitrogen and oxygen atoms in total. The molecule has 1 saturated heterocycles. The molecule has 0 radical (unpaired) electrons. The molecule has 0 aliphatic carbocycles. The number of aryl methyl sites for hydroxylation is 1. The van der Waals surface area contributed by atoms with E-state index in [1.165, 1.54) is 17.2 Å². The Kier molecular flexibility index (Phi) is 5.43. The molecule has 0 aromatic heterocycles. The number of benzene rings is 3. The Hall–Kier alpha value is -3.18. The molecule has 0 unspecified atom stereocenters. The normalized spacial score (nSPS) is 17.4. The summed E-state index contributed by atoms with van der Waals surface area (Å²) in [7, 11) is 0. The number of nitrogens with zero attached hydrogens (tertiary/aromatic N) is 2. The van der Waals surface area contributed by atoms with E-state index in [2.05, 4.69) is 35.3 Å². The maximum absolute atomic E-state index is 13.6. The van der Waals surface area contributed by atoms with Gasteiger partial charge in [-0.1, -0.05) is 48.0 Å². The highest BCUT2D eigenvalue weighted by molar-refractivity contribution is 6.03. The topological polar surface area (TPSA) is 35.6 Å². The van der Waals surface area contributed by atoms with Crippen LogP contribution in [-0.2, 0) is 12.0 Å². The smallest absolute Gasteiger partial charge is 0.308 e. The molecule has 2 aliphatic rings. The number of halogens is 1. The van der Waals surface area contributed by atoms with Gasteiger partial charge in [-0.2, -0.15) is 0 Å². The van der Waals surface area contributed by atoms with Crippen LogP contribution in [0.4, 0.5) is 20.6 Å². The second-order valence-corrected chi connectivity index (χ2v) is 9.09. The van der Waals surface area contributed by atoms with E-state index < -0.39 is 0 Å². The number of hydrogen-bond donors (Lipinski definition) is 1. The quantitative estimate of drug-likeness (QED) is 0.578. The van der Waals surface area contributed by atoms with Crippen LogP contribution < -0.4 is 10.2 Å². The van der Waals surface area contributed by atoms with Gasteiger partial charge >= 0.3 is 6.03 Å². The van der Waals surface area contributed by atoms with Gasteiger partial charge in [0.1, 0.15) is 5.82 Å². The van der Waals surface area contributed by atoms with E-state index in [1.54, 1.807) is 12.1 Å². The Morgan fingerprint density at radius 1 is 1.00 bits per heavy atom. The van der Waals surface area contributed by atoms with E-state index in [0.29, 0.717) is 6.54 Å². The highest BCUT2D eigenvalue weighted by Gasteiger charge is 2.46. The summed E-state index contributed by atoms with van der Waals surface area (Å²) in [5.74, 6) is -0.184. The van der Waals surface area contributed by atoms with Crippen LogP contribution in [0.3, 0.4) is 0 Å². The first-order valence-corrected chi connectivity index (χ1v) is 11.2. The highest BCUT2D eigenvalue weighted by Crippen LogP contribution is 2.47. The molecule has 0 saturated carbocycles. The molecular formula is C27H28FN3O. The van der Waals surface area contributed by atoms with Crippen molar-refractivity contribution in [2.75, 3.05) is 29.9 Å². The van der Waals surface area contributed by atoms with Crippen molar-refractivity contribution in [3.05, 3.63) is 95.3 Å². The summed E-state index contributed by atoms with van der Waals surface area (Å²) >= 11 is 0. The fourth-order valence-electron chi connectivity index (χ4n) is 5.14. The number of fused-ring (bicyclic) bond motifs is 2. The van der Waals surface area contributed by atoms with Gasteiger partial charge in [0.25, 0.3) is 0 Å². The van der Waals surface area contributed by atoms with E-state index in [9.17, 15) is 9.18 Å². The molecule has 1 N–H and O–H groups in total. The lowest BCUT2D eigenvalue weighted by molar-refractivity contribution is 0.160. The van der Waals surface area contributed by atoms with Crippen LogP contribution in [0.1, 0.15) is 29.5 Å². The fraction of sp³-hybridized carbons (Fsp3) is 0.296. The average molecular weight is 430 g/mol. The zero-order chi connectivity index (χ0) is 22.1. The second-order valence-electron chi connectivity index (χ2n) is 9.09. The van der Waals surface area contributed by atoms with Crippen molar-refractivity contribution in [3.63, 3.8) is 0 Å². The number of amides is 2. The van der Waals surface area contributed by atoms with Crippen molar-refractivity contribution in [1.82, 2.24) is 4.90 Å². The van der Waals surface area contributed by atoms with Crippen molar-refractivity contribution in [2.24, 2.45) is 0 Å². The SMILES string of the molecule is Cc1ccc2c(c1)C1(CCN(Cc3cccc(F)c3)CC1)CN2C(=O)Nc1ccccc1. The van der Waals surface area contributed by atoms with E-state index in [1.807, 2.05) is 41.3 Å². The molecule has 5 rings (SSSR count). The molecule has 32 heavy (non-hydrogen) atoms. The molecule has 2 aliphatic heterocycles. The monoisotopic (exact) mass is 429 g/mol. The number of carbonyl (C=O) groups is 1. The van der Waals surface area contributed by atoms with Crippen molar-refractivity contribution < 1.29 is 9.18 Å². The van der Waals surface area contributed by atoms with Gasteiger partial charge < -0.3 is 5.32 Å². The zero-order valence-electron chi connectivity index (χ0n) is 18.4. The number of likely N-dealkylation sites (tertiary alicyclic amines) is 1. The molecule has 1 fully saturated rings. The second kappa shape index (κ2) is 8.40. The van der Waals surface area contributed by atoms with Gasteiger partial charge in [-0.25, -0.2) is 9.18 Å². The van der Waals surface area contributed by atoms with Gasteiger partial charge in [0.2, 0.25) is 0 Å². The lowest BCUT2D eigenvalue weighted by Gasteiger charge is -2.40. The number of anilines is 2. The molecule has 0 bridgehead atoms. The van der Waals surface area contributed by atoms with Crippen molar-refractivity contribution in [3.8, 4) is 0 Å². The summed E-state index contributed by atoms with van der Waals surface area (Å²) in [6, 6.07) is 22.8. The molecule has 0 atom stereocenters. The van der Waals surface area contributed by atoms with Gasteiger partial charge in [-0.05, 0) is 74.3 Å². The first kappa shape index (κ1) is 20.7. The average Bonchev–Trinajstić information content (AvgIpc) is 3.10. The van der Waals surface area contributed by atoms with Crippen molar-refractivity contribution >= 4 is 17.4 Å². The minimum Gasteiger partial charge on any atom is -0.308 e. The first-order valence-electron chi connectivity index (χ1n) is 11.2. The third-order valence-electron chi connectivity index (χ3n) is 6.85. The molecule has 3 aromatic carbocycles. The number of urea groups is 1. The zero-order valence-corrected chi connectivity index (χ0v) is 18.4. The van der Waals surface area contributed by atoms with Gasteiger partial charge in [0.15, 0.2) is 0 Å². The van der Waals surface area contributed by atoms with Gasteiger partial charge in [0.05, 0.1) is 0 Å². The molecule has 2 heterocycles. The summed E-state index contributed by atoms with van der Waals surface area (Å²) in [4.78, 5) is 17.5. The lowest BCUT2D eigenvalue weighted by atomic mass is 9.74. The number of carbonyl (C=O) groups excluding carboxylic acids is 1. The van der Waals surface area contributed by atoms with Crippen LogP contribution in [0, 0.1) is 12.7 Å². The van der Waals surface area contributed by atoms with Crippen LogP contribution >= 0.6 is 0 Å². The minimum atomic E-state index is -0.184. The van der Waals surface area contributed by atoms with Crippen LogP contribution in [-0.4, -0.2) is 30.6 Å². The summed E-state index contributed by atoms with van der Waals surface area (Å²) < 4.78 is 13.6. The summed E-state index contributed by atoms with van der Waals surface area (Å²) in [5.41, 5.74) is 5.29. The number of hydrogen-bond acceptors (Lipinski definition) is 2. The molecule has 3 aromatic rings. The number of piperidine rings is 1. The third kappa shape index (κ3) is 4.00. The first-order chi connectivity index (χ1) is 15.5. The van der Waals surface area contributed by atoms with Crippen LogP contribution in [0.5, 0.6) is 0 Å². The molecular weight excluding hydrogens is 401 g/mol. The Morgan fingerprint density at radius 2 is 1.78 bits per heavy atom. The van der Waals surface area contributed by atoms with Crippen molar-refractivity contribution in [2.45, 2.75) is 31.7 Å². The summed E-state index contributed by atoms with van der Waals surface area (Å²) in [6.07, 6.45) is 1.96. The van der Waals surface area contributed by atoms with Gasteiger partial charge in [-0.3, -0.25) is 9.80 Å². The van der Waals surface area contributed by atoms with Crippen LogP contribution in [0.2, 0.25) is 0 Å². The van der Waals surface area contributed by atoms with Gasteiger partial charge in [-0.15, -0.1) is 0 Å². The molecule has 5 heteroatoms. The number of para-hydroxylation sites is 1. The van der Waals surface area contributed by atoms with E-state index in [0.717, 1.165) is 49.4 Å². The number of nitrogens with one attached hydrogen (secondary N) is 1. The van der Waals surface area contributed by atoms with E-state index in [-0.39, 0.29) is 17.3 Å². The van der Waals surface area contributed by atoms with Crippen molar-refractivity contribution in [1.29, 1.82) is 0 Å². The Balaban J connectivity index is 1.34. The van der Waals surface area contributed by atoms with E-state index >= 15 is 0 Å². The predicted molar refractivity (Wildman–Crippen MR) is 127 cm³/mol. The summed E-state index contributed by atoms with van der Waals surface area (Å²) in [5, 5.41) is 3.05. The maximum atomic E-state index is 13.6. The summed E-state index contributed by atoms with van der Waals surface area (Å²) in [6.45, 7) is 5.42. The Labute approximate surface area is 188 Å². The fourth-order valence-corrected chi connectivity index (χ4v) is 5.14. The number of rotatable bonds is 3. The van der Waals surface area contributed by atoms with Crippen LogP contribution in [0.25, 0.3) is 0 Å². The maximum Gasteiger partial charge on any atom is 0.326 e. The Bertz CT molecular complexity index is 1120. The highest BCUT2D eigenvalue weighted by atomic mass is 19.1. The largest absolute Gasteiger partial charge is 0.326 e. The van der Waals surface area contributed by atoms with E-state index in [4.69, 9.17) is 0 Å². The third-order valence-corrected chi connectivity index (χ3v) is 6.85. The minimum absolute atomic E-state index is 0.0339. The van der Waals surface area contributed by atoms with Gasteiger partial charge in [0, 0.05) is 29.9 Å². The molecule has 1 spiro atoms. The molecule has 2 amide bonds. The lowest BCUT2D eigenvalue weighted by Crippen LogP contribution is -2.46. The van der Waals surface area contributed by atoms with Crippen LogP contribution in [0.15, 0.2) is 72.8 Å². The molecule has 164 valence electrons. The Morgan fingerprint density at radius 3 is 2.53 bits per heavy atom.